The van der Waals surface area contributed by atoms with Gasteiger partial charge < -0.3 is 9.53 Å². The molecule has 0 fully saturated rings. The molecule has 0 atom stereocenters. The molecule has 3 heteroatoms. The summed E-state index contributed by atoms with van der Waals surface area (Å²) in [4.78, 5) is 8.16. The van der Waals surface area contributed by atoms with E-state index in [0.29, 0.717) is 0 Å². The van der Waals surface area contributed by atoms with Crippen molar-refractivity contribution in [3.05, 3.63) is 60.7 Å². The minimum Gasteiger partial charge on any atom is -0.457 e. The largest absolute Gasteiger partial charge is 0.457 e. The van der Waals surface area contributed by atoms with E-state index in [0.717, 1.165) is 11.5 Å². The van der Waals surface area contributed by atoms with Gasteiger partial charge in [0.1, 0.15) is 11.5 Å². The van der Waals surface area contributed by atoms with Crippen molar-refractivity contribution >= 4 is 9.04 Å². The summed E-state index contributed by atoms with van der Waals surface area (Å²) in [6.07, 6.45) is 0. The van der Waals surface area contributed by atoms with E-state index in [-0.39, 0.29) is 0 Å². The van der Waals surface area contributed by atoms with Crippen molar-refractivity contribution in [1.82, 2.24) is 0 Å². The Morgan fingerprint density at radius 1 is 0.765 bits per heavy atom. The Balaban J connectivity index is 0.000000317. The highest BCUT2D eigenvalue weighted by Gasteiger charge is 1.92. The van der Waals surface area contributed by atoms with E-state index in [9.17, 15) is 0 Å². The minimum absolute atomic E-state index is 0.869. The van der Waals surface area contributed by atoms with Crippen LogP contribution in [0, 0.1) is 0 Å². The number of hydrogen-bond acceptors (Lipinski definition) is 2. The number of para-hydroxylation sites is 2. The zero-order valence-corrected chi connectivity index (χ0v) is 11.1. The summed E-state index contributed by atoms with van der Waals surface area (Å²) in [5.41, 5.74) is 0. The minimum atomic E-state index is -0.880. The molecule has 2 nitrogen and oxygen atoms in total. The molecule has 0 aliphatic carbocycles. The summed E-state index contributed by atoms with van der Waals surface area (Å²) in [6, 6.07) is 19.5. The molecule has 0 aliphatic rings. The molecule has 0 bridgehead atoms. The van der Waals surface area contributed by atoms with Crippen LogP contribution in [0.3, 0.4) is 0 Å². The lowest BCUT2D eigenvalue weighted by atomic mass is 10.3. The fraction of sp³-hybridized carbons (Fsp3) is 0.143. The first-order valence-electron chi connectivity index (χ1n) is 5.45. The summed E-state index contributed by atoms with van der Waals surface area (Å²) in [6.45, 7) is 3.65. The van der Waals surface area contributed by atoms with Crippen molar-refractivity contribution < 1.29 is 9.53 Å². The van der Waals surface area contributed by atoms with Crippen molar-refractivity contribution in [3.8, 4) is 11.5 Å². The van der Waals surface area contributed by atoms with Crippen molar-refractivity contribution in [3.63, 3.8) is 0 Å². The van der Waals surface area contributed by atoms with Gasteiger partial charge in [0.25, 0.3) is 0 Å². The normalized spacial score (nSPS) is 9.41. The van der Waals surface area contributed by atoms with Crippen LogP contribution in [0.1, 0.15) is 0 Å². The average molecular weight is 245 g/mol. The molecule has 2 aromatic carbocycles. The summed E-state index contributed by atoms with van der Waals surface area (Å²) < 4.78 is 5.58. The van der Waals surface area contributed by atoms with Gasteiger partial charge in [-0.1, -0.05) is 36.4 Å². The summed E-state index contributed by atoms with van der Waals surface area (Å²) in [5.74, 6) is 1.74. The van der Waals surface area contributed by atoms with Crippen LogP contribution < -0.4 is 4.74 Å². The standard InChI is InChI=1S/C12H10O.C2H7OSi/c1-3-7-11(8-4-1)13-12-9-5-2-6-10-12;1-4(2)3/h1-10H;3H,1-2H3. The SMILES string of the molecule is C[Si](C)O.c1ccc(Oc2ccccc2)cc1. The van der Waals surface area contributed by atoms with Gasteiger partial charge in [0, 0.05) is 0 Å². The second-order valence-corrected chi connectivity index (χ2v) is 5.57. The van der Waals surface area contributed by atoms with Gasteiger partial charge in [-0.25, -0.2) is 0 Å². The first kappa shape index (κ1) is 13.5. The van der Waals surface area contributed by atoms with E-state index < -0.39 is 9.04 Å². The highest BCUT2D eigenvalue weighted by Crippen LogP contribution is 2.19. The van der Waals surface area contributed by atoms with Crippen molar-refractivity contribution in [2.75, 3.05) is 0 Å². The van der Waals surface area contributed by atoms with Crippen LogP contribution in [-0.2, 0) is 0 Å². The van der Waals surface area contributed by atoms with E-state index in [2.05, 4.69) is 0 Å². The molecular weight excluding hydrogens is 228 g/mol. The first-order chi connectivity index (χ1) is 8.18. The molecule has 89 valence electrons. The van der Waals surface area contributed by atoms with Crippen LogP contribution in [0.5, 0.6) is 11.5 Å². The molecule has 0 aromatic heterocycles. The first-order valence-corrected chi connectivity index (χ1v) is 7.90. The third kappa shape index (κ3) is 6.55. The third-order valence-electron chi connectivity index (χ3n) is 1.72. The fourth-order valence-corrected chi connectivity index (χ4v) is 1.11. The van der Waals surface area contributed by atoms with E-state index in [4.69, 9.17) is 9.53 Å². The molecule has 1 radical (unpaired) electrons. The van der Waals surface area contributed by atoms with Gasteiger partial charge in [0.05, 0.1) is 0 Å². The average Bonchev–Trinajstić information content (AvgIpc) is 2.31. The van der Waals surface area contributed by atoms with Gasteiger partial charge in [-0.2, -0.15) is 0 Å². The highest BCUT2D eigenvalue weighted by molar-refractivity contribution is 6.46. The van der Waals surface area contributed by atoms with Crippen molar-refractivity contribution in [2.45, 2.75) is 13.1 Å². The molecular formula is C14H17O2Si. The third-order valence-corrected chi connectivity index (χ3v) is 1.72. The molecule has 0 heterocycles. The molecule has 0 spiro atoms. The van der Waals surface area contributed by atoms with Crippen LogP contribution in [0.25, 0.3) is 0 Å². The van der Waals surface area contributed by atoms with Gasteiger partial charge in [-0.3, -0.25) is 0 Å². The predicted molar refractivity (Wildman–Crippen MR) is 72.7 cm³/mol. The summed E-state index contributed by atoms with van der Waals surface area (Å²) in [5, 5.41) is 0. The molecule has 1 N–H and O–H groups in total. The van der Waals surface area contributed by atoms with Gasteiger partial charge in [0.15, 0.2) is 9.04 Å². The number of hydrogen-bond donors (Lipinski definition) is 1. The molecule has 0 amide bonds. The van der Waals surface area contributed by atoms with E-state index in [1.807, 2.05) is 73.8 Å². The zero-order valence-electron chi connectivity index (χ0n) is 10.1. The van der Waals surface area contributed by atoms with E-state index in [1.165, 1.54) is 0 Å². The number of rotatable bonds is 2. The summed E-state index contributed by atoms with van der Waals surface area (Å²) in [7, 11) is -0.880. The second-order valence-electron chi connectivity index (χ2n) is 3.68. The van der Waals surface area contributed by atoms with Crippen LogP contribution in [0.2, 0.25) is 13.1 Å². The van der Waals surface area contributed by atoms with Crippen LogP contribution in [-0.4, -0.2) is 13.8 Å². The fourth-order valence-electron chi connectivity index (χ4n) is 1.11. The molecule has 0 unspecified atom stereocenters. The lowest BCUT2D eigenvalue weighted by Gasteiger charge is -2.03. The number of benzene rings is 2. The van der Waals surface area contributed by atoms with Gasteiger partial charge in [0.2, 0.25) is 0 Å². The number of ether oxygens (including phenoxy) is 1. The molecule has 0 saturated carbocycles. The Bertz CT molecular complexity index is 361. The topological polar surface area (TPSA) is 29.5 Å². The predicted octanol–water partition coefficient (Wildman–Crippen LogP) is 3.71. The quantitative estimate of drug-likeness (QED) is 0.817. The Morgan fingerprint density at radius 2 is 1.06 bits per heavy atom. The molecule has 0 aliphatic heterocycles. The molecule has 2 aromatic rings. The molecule has 2 rings (SSSR count). The maximum absolute atomic E-state index is 8.16. The lowest BCUT2D eigenvalue weighted by molar-refractivity contribution is 0.482. The lowest BCUT2D eigenvalue weighted by Crippen LogP contribution is -1.93. The van der Waals surface area contributed by atoms with Crippen molar-refractivity contribution in [1.29, 1.82) is 0 Å². The Morgan fingerprint density at radius 3 is 1.35 bits per heavy atom. The highest BCUT2D eigenvalue weighted by atomic mass is 28.3. The maximum Gasteiger partial charge on any atom is 0.200 e. The second kappa shape index (κ2) is 7.65. The molecule has 0 saturated heterocycles. The maximum atomic E-state index is 8.16. The zero-order chi connectivity index (χ0) is 12.5. The van der Waals surface area contributed by atoms with E-state index in [1.54, 1.807) is 0 Å². The van der Waals surface area contributed by atoms with Crippen LogP contribution in [0.15, 0.2) is 60.7 Å². The van der Waals surface area contributed by atoms with E-state index >= 15 is 0 Å². The van der Waals surface area contributed by atoms with Gasteiger partial charge >= 0.3 is 0 Å². The Kier molecular flexibility index (Phi) is 6.07. The monoisotopic (exact) mass is 245 g/mol. The van der Waals surface area contributed by atoms with Crippen LogP contribution >= 0.6 is 0 Å². The van der Waals surface area contributed by atoms with Crippen LogP contribution in [0.4, 0.5) is 0 Å². The Labute approximate surface area is 104 Å². The van der Waals surface area contributed by atoms with Crippen molar-refractivity contribution in [2.24, 2.45) is 0 Å². The Hall–Kier alpha value is -1.58. The summed E-state index contributed by atoms with van der Waals surface area (Å²) >= 11 is 0. The molecule has 17 heavy (non-hydrogen) atoms. The smallest absolute Gasteiger partial charge is 0.200 e. The van der Waals surface area contributed by atoms with Gasteiger partial charge in [-0.15, -0.1) is 0 Å². The van der Waals surface area contributed by atoms with Gasteiger partial charge in [-0.05, 0) is 37.4 Å².